The van der Waals surface area contributed by atoms with Crippen LogP contribution >= 0.6 is 0 Å². The molecule has 0 spiro atoms. The molecule has 0 heterocycles. The maximum Gasteiger partial charge on any atom is 0.255 e. The summed E-state index contributed by atoms with van der Waals surface area (Å²) in [6, 6.07) is 7.17. The van der Waals surface area contributed by atoms with Gasteiger partial charge in [0, 0.05) is 12.2 Å². The number of halogens is 2. The van der Waals surface area contributed by atoms with E-state index in [0.717, 1.165) is 5.56 Å². The van der Waals surface area contributed by atoms with Crippen molar-refractivity contribution in [3.63, 3.8) is 0 Å². The SMILES string of the molecule is NCc1ccccc1NCC(F)F. The number of nitrogens with two attached hydrogens (primary N) is 1. The first-order valence-corrected chi connectivity index (χ1v) is 4.04. The van der Waals surface area contributed by atoms with Crippen LogP contribution in [-0.4, -0.2) is 13.0 Å². The van der Waals surface area contributed by atoms with Gasteiger partial charge in [0.05, 0.1) is 6.54 Å². The molecule has 13 heavy (non-hydrogen) atoms. The monoisotopic (exact) mass is 186 g/mol. The lowest BCUT2D eigenvalue weighted by molar-refractivity contribution is 0.163. The molecule has 0 aromatic heterocycles. The average Bonchev–Trinajstić information content (AvgIpc) is 2.15. The molecular weight excluding hydrogens is 174 g/mol. The van der Waals surface area contributed by atoms with Crippen LogP contribution in [0.15, 0.2) is 24.3 Å². The Morgan fingerprint density at radius 2 is 2.00 bits per heavy atom. The van der Waals surface area contributed by atoms with E-state index in [1.807, 2.05) is 12.1 Å². The Morgan fingerprint density at radius 1 is 1.31 bits per heavy atom. The Bertz CT molecular complexity index is 264. The second-order valence-electron chi connectivity index (χ2n) is 2.63. The van der Waals surface area contributed by atoms with Crippen LogP contribution in [0.1, 0.15) is 5.56 Å². The molecule has 0 saturated heterocycles. The molecule has 0 bridgehead atoms. The zero-order valence-corrected chi connectivity index (χ0v) is 7.13. The van der Waals surface area contributed by atoms with E-state index in [4.69, 9.17) is 5.73 Å². The van der Waals surface area contributed by atoms with E-state index in [-0.39, 0.29) is 6.54 Å². The van der Waals surface area contributed by atoms with Crippen molar-refractivity contribution in [1.29, 1.82) is 0 Å². The molecule has 2 nitrogen and oxygen atoms in total. The van der Waals surface area contributed by atoms with E-state index in [1.165, 1.54) is 0 Å². The molecule has 0 aliphatic rings. The van der Waals surface area contributed by atoms with E-state index in [0.29, 0.717) is 12.2 Å². The highest BCUT2D eigenvalue weighted by atomic mass is 19.3. The second-order valence-corrected chi connectivity index (χ2v) is 2.63. The highest BCUT2D eigenvalue weighted by Gasteiger charge is 2.03. The highest BCUT2D eigenvalue weighted by molar-refractivity contribution is 5.50. The fraction of sp³-hybridized carbons (Fsp3) is 0.333. The van der Waals surface area contributed by atoms with E-state index >= 15 is 0 Å². The van der Waals surface area contributed by atoms with Crippen molar-refractivity contribution in [2.75, 3.05) is 11.9 Å². The fourth-order valence-corrected chi connectivity index (χ4v) is 1.06. The smallest absolute Gasteiger partial charge is 0.255 e. The Labute approximate surface area is 75.7 Å². The third-order valence-electron chi connectivity index (χ3n) is 1.68. The molecule has 0 aliphatic heterocycles. The molecular formula is C9H12F2N2. The maximum absolute atomic E-state index is 11.9. The van der Waals surface area contributed by atoms with Gasteiger partial charge >= 0.3 is 0 Å². The van der Waals surface area contributed by atoms with Gasteiger partial charge in [-0.25, -0.2) is 8.78 Å². The molecule has 0 fully saturated rings. The van der Waals surface area contributed by atoms with E-state index < -0.39 is 6.43 Å². The lowest BCUT2D eigenvalue weighted by atomic mass is 10.2. The third kappa shape index (κ3) is 2.99. The first-order chi connectivity index (χ1) is 6.24. The summed E-state index contributed by atoms with van der Waals surface area (Å²) in [5.74, 6) is 0. The summed E-state index contributed by atoms with van der Waals surface area (Å²) in [6.45, 7) is 0.0173. The number of anilines is 1. The Hall–Kier alpha value is -1.16. The van der Waals surface area contributed by atoms with Gasteiger partial charge in [0.1, 0.15) is 0 Å². The van der Waals surface area contributed by atoms with Crippen molar-refractivity contribution in [2.45, 2.75) is 13.0 Å². The van der Waals surface area contributed by atoms with Gasteiger partial charge < -0.3 is 11.1 Å². The summed E-state index contributed by atoms with van der Waals surface area (Å²) in [5, 5.41) is 2.63. The summed E-state index contributed by atoms with van der Waals surface area (Å²) >= 11 is 0. The molecule has 0 unspecified atom stereocenters. The zero-order valence-electron chi connectivity index (χ0n) is 7.13. The van der Waals surface area contributed by atoms with Crippen molar-refractivity contribution in [2.24, 2.45) is 5.73 Å². The van der Waals surface area contributed by atoms with Gasteiger partial charge in [-0.2, -0.15) is 0 Å². The van der Waals surface area contributed by atoms with Crippen LogP contribution in [0.4, 0.5) is 14.5 Å². The minimum atomic E-state index is -2.34. The number of alkyl halides is 2. The molecule has 1 aromatic rings. The lowest BCUT2D eigenvalue weighted by Gasteiger charge is -2.09. The number of hydrogen-bond acceptors (Lipinski definition) is 2. The molecule has 0 atom stereocenters. The molecule has 3 N–H and O–H groups in total. The summed E-state index contributed by atoms with van der Waals surface area (Å²) in [6.07, 6.45) is -2.34. The quantitative estimate of drug-likeness (QED) is 0.752. The number of para-hydroxylation sites is 1. The minimum absolute atomic E-state index is 0.336. The number of benzene rings is 1. The molecule has 4 heteroatoms. The average molecular weight is 186 g/mol. The Balaban J connectivity index is 2.64. The van der Waals surface area contributed by atoms with Crippen LogP contribution in [0.3, 0.4) is 0 Å². The van der Waals surface area contributed by atoms with Gasteiger partial charge in [-0.15, -0.1) is 0 Å². The zero-order chi connectivity index (χ0) is 9.68. The molecule has 72 valence electrons. The van der Waals surface area contributed by atoms with Crippen molar-refractivity contribution in [1.82, 2.24) is 0 Å². The lowest BCUT2D eigenvalue weighted by Crippen LogP contribution is -2.12. The van der Waals surface area contributed by atoms with Crippen molar-refractivity contribution in [3.05, 3.63) is 29.8 Å². The number of hydrogen-bond donors (Lipinski definition) is 2. The van der Waals surface area contributed by atoms with Crippen LogP contribution in [0.5, 0.6) is 0 Å². The molecule has 0 amide bonds. The predicted octanol–water partition coefficient (Wildman–Crippen LogP) is 1.82. The van der Waals surface area contributed by atoms with Crippen molar-refractivity contribution < 1.29 is 8.78 Å². The van der Waals surface area contributed by atoms with Crippen LogP contribution in [0.2, 0.25) is 0 Å². The number of nitrogens with one attached hydrogen (secondary N) is 1. The molecule has 0 saturated carbocycles. The molecule has 1 aromatic carbocycles. The fourth-order valence-electron chi connectivity index (χ4n) is 1.06. The largest absolute Gasteiger partial charge is 0.379 e. The summed E-state index contributed by atoms with van der Waals surface area (Å²) in [5.41, 5.74) is 6.97. The second kappa shape index (κ2) is 4.77. The highest BCUT2D eigenvalue weighted by Crippen LogP contribution is 2.14. The normalized spacial score (nSPS) is 10.5. The van der Waals surface area contributed by atoms with Gasteiger partial charge in [-0.1, -0.05) is 18.2 Å². The first kappa shape index (κ1) is 9.92. The Morgan fingerprint density at radius 3 is 2.62 bits per heavy atom. The van der Waals surface area contributed by atoms with Crippen molar-refractivity contribution in [3.8, 4) is 0 Å². The van der Waals surface area contributed by atoms with E-state index in [1.54, 1.807) is 12.1 Å². The van der Waals surface area contributed by atoms with Gasteiger partial charge in [0.2, 0.25) is 0 Å². The maximum atomic E-state index is 11.9. The van der Waals surface area contributed by atoms with Crippen LogP contribution in [-0.2, 0) is 6.54 Å². The van der Waals surface area contributed by atoms with Crippen molar-refractivity contribution >= 4 is 5.69 Å². The molecule has 0 radical (unpaired) electrons. The van der Waals surface area contributed by atoms with Gasteiger partial charge in [0.15, 0.2) is 0 Å². The molecule has 1 rings (SSSR count). The Kier molecular flexibility index (Phi) is 3.64. The van der Waals surface area contributed by atoms with Crippen LogP contribution < -0.4 is 11.1 Å². The third-order valence-corrected chi connectivity index (χ3v) is 1.68. The van der Waals surface area contributed by atoms with Gasteiger partial charge in [0.25, 0.3) is 6.43 Å². The first-order valence-electron chi connectivity index (χ1n) is 4.04. The van der Waals surface area contributed by atoms with Gasteiger partial charge in [-0.05, 0) is 11.6 Å². The van der Waals surface area contributed by atoms with Gasteiger partial charge in [-0.3, -0.25) is 0 Å². The van der Waals surface area contributed by atoms with E-state index in [9.17, 15) is 8.78 Å². The summed E-state index contributed by atoms with van der Waals surface area (Å²) in [7, 11) is 0. The minimum Gasteiger partial charge on any atom is -0.379 e. The number of rotatable bonds is 4. The topological polar surface area (TPSA) is 38.0 Å². The standard InChI is InChI=1S/C9H12F2N2/c10-9(11)6-13-8-4-2-1-3-7(8)5-12/h1-4,9,13H,5-6,12H2. The molecule has 0 aliphatic carbocycles. The van der Waals surface area contributed by atoms with Crippen LogP contribution in [0.25, 0.3) is 0 Å². The van der Waals surface area contributed by atoms with Crippen LogP contribution in [0, 0.1) is 0 Å². The predicted molar refractivity (Wildman–Crippen MR) is 48.8 cm³/mol. The van der Waals surface area contributed by atoms with E-state index in [2.05, 4.69) is 5.32 Å². The summed E-state index contributed by atoms with van der Waals surface area (Å²) < 4.78 is 23.7. The summed E-state index contributed by atoms with van der Waals surface area (Å²) in [4.78, 5) is 0.